The lowest BCUT2D eigenvalue weighted by molar-refractivity contribution is -0.141. The van der Waals surface area contributed by atoms with Crippen molar-refractivity contribution in [3.63, 3.8) is 0 Å². The predicted octanol–water partition coefficient (Wildman–Crippen LogP) is 3.93. The van der Waals surface area contributed by atoms with Crippen LogP contribution in [0.1, 0.15) is 42.0 Å². The van der Waals surface area contributed by atoms with Crippen molar-refractivity contribution in [3.05, 3.63) is 95.6 Å². The summed E-state index contributed by atoms with van der Waals surface area (Å²) in [6.07, 6.45) is 2.34. The van der Waals surface area contributed by atoms with E-state index in [-0.39, 0.29) is 29.7 Å². The zero-order chi connectivity index (χ0) is 27.8. The van der Waals surface area contributed by atoms with Crippen molar-refractivity contribution < 1.29 is 22.7 Å². The second kappa shape index (κ2) is 12.9. The number of aryl methyl sites for hydroxylation is 1. The molecule has 1 aliphatic rings. The average molecular weight is 550 g/mol. The number of carbonyl (C=O) groups excluding carboxylic acids is 2. The molecule has 1 saturated heterocycles. The molecule has 206 valence electrons. The Kier molecular flexibility index (Phi) is 9.37. The summed E-state index contributed by atoms with van der Waals surface area (Å²) in [5, 5.41) is 2.71. The third kappa shape index (κ3) is 6.85. The minimum absolute atomic E-state index is 0.161. The van der Waals surface area contributed by atoms with E-state index in [2.05, 4.69) is 5.32 Å². The van der Waals surface area contributed by atoms with Crippen LogP contribution in [0.5, 0.6) is 5.75 Å². The molecule has 3 aromatic rings. The Labute approximate surface area is 230 Å². The molecule has 1 N–H and O–H groups in total. The minimum Gasteiger partial charge on any atom is -0.497 e. The van der Waals surface area contributed by atoms with Gasteiger partial charge in [0.1, 0.15) is 11.8 Å². The molecule has 9 heteroatoms. The van der Waals surface area contributed by atoms with Crippen molar-refractivity contribution in [2.45, 2.75) is 43.2 Å². The van der Waals surface area contributed by atoms with Crippen molar-refractivity contribution in [1.29, 1.82) is 0 Å². The lowest BCUT2D eigenvalue weighted by Crippen LogP contribution is -2.42. The predicted molar refractivity (Wildman–Crippen MR) is 150 cm³/mol. The molecule has 2 amide bonds. The molecule has 0 aromatic heterocycles. The van der Waals surface area contributed by atoms with Gasteiger partial charge in [-0.05, 0) is 60.2 Å². The normalized spacial score (nSPS) is 14.5. The van der Waals surface area contributed by atoms with Crippen molar-refractivity contribution in [1.82, 2.24) is 14.5 Å². The van der Waals surface area contributed by atoms with Crippen LogP contribution < -0.4 is 10.1 Å². The van der Waals surface area contributed by atoms with E-state index in [4.69, 9.17) is 4.74 Å². The van der Waals surface area contributed by atoms with Crippen LogP contribution in [0, 0.1) is 0 Å². The number of ether oxygens (including phenoxy) is 1. The number of nitrogens with zero attached hydrogens (tertiary/aromatic N) is 2. The van der Waals surface area contributed by atoms with Gasteiger partial charge in [0.05, 0.1) is 12.0 Å². The van der Waals surface area contributed by atoms with Gasteiger partial charge in [0, 0.05) is 33.1 Å². The number of amides is 2. The molecule has 0 spiro atoms. The molecule has 0 bridgehead atoms. The van der Waals surface area contributed by atoms with E-state index in [1.165, 1.54) is 4.31 Å². The number of benzene rings is 3. The summed E-state index contributed by atoms with van der Waals surface area (Å²) in [6.45, 7) is 1.34. The number of methoxy groups -OCH3 is 1. The largest absolute Gasteiger partial charge is 0.497 e. The maximum absolute atomic E-state index is 13.7. The second-order valence-electron chi connectivity index (χ2n) is 9.55. The van der Waals surface area contributed by atoms with Gasteiger partial charge in [-0.15, -0.1) is 0 Å². The lowest BCUT2D eigenvalue weighted by Gasteiger charge is -2.31. The number of hydrogen-bond acceptors (Lipinski definition) is 5. The summed E-state index contributed by atoms with van der Waals surface area (Å²) < 4.78 is 32.4. The van der Waals surface area contributed by atoms with E-state index < -0.39 is 16.1 Å². The third-order valence-corrected chi connectivity index (χ3v) is 8.92. The molecule has 1 atom stereocenters. The van der Waals surface area contributed by atoms with Crippen LogP contribution >= 0.6 is 0 Å². The molecule has 4 rings (SSSR count). The molecule has 0 saturated carbocycles. The Morgan fingerprint density at radius 3 is 2.13 bits per heavy atom. The number of nitrogens with one attached hydrogen (secondary N) is 1. The van der Waals surface area contributed by atoms with Gasteiger partial charge in [-0.3, -0.25) is 9.59 Å². The van der Waals surface area contributed by atoms with Crippen molar-refractivity contribution in [2.24, 2.45) is 0 Å². The van der Waals surface area contributed by atoms with Crippen LogP contribution in [0.25, 0.3) is 0 Å². The average Bonchev–Trinajstić information content (AvgIpc) is 3.53. The Hall–Kier alpha value is -3.69. The Morgan fingerprint density at radius 2 is 1.54 bits per heavy atom. The summed E-state index contributed by atoms with van der Waals surface area (Å²) in [5.41, 5.74) is 2.44. The van der Waals surface area contributed by atoms with Crippen molar-refractivity contribution >= 4 is 21.8 Å². The van der Waals surface area contributed by atoms with Gasteiger partial charge in [0.25, 0.3) is 0 Å². The van der Waals surface area contributed by atoms with Crippen LogP contribution in [0.2, 0.25) is 0 Å². The Morgan fingerprint density at radius 1 is 0.923 bits per heavy atom. The molecule has 0 aliphatic carbocycles. The second-order valence-corrected chi connectivity index (χ2v) is 11.5. The van der Waals surface area contributed by atoms with Crippen molar-refractivity contribution in [3.8, 4) is 5.75 Å². The maximum atomic E-state index is 13.7. The standard InChI is InChI=1S/C30H35N3O5S/c1-31-30(35)29(25-8-4-3-5-9-25)33(22-24-10-15-26(38-2)16-11-24)28(34)19-14-23-12-17-27(18-13-23)39(36,37)32-20-6-7-21-32/h3-5,8-13,15-18,29H,6-7,14,19-22H2,1-2H3,(H,31,35)/t29-/m0/s1. The van der Waals surface area contributed by atoms with E-state index in [0.29, 0.717) is 25.3 Å². The topological polar surface area (TPSA) is 96.0 Å². The highest BCUT2D eigenvalue weighted by Crippen LogP contribution is 2.26. The smallest absolute Gasteiger partial charge is 0.247 e. The Bertz CT molecular complexity index is 1350. The fraction of sp³-hybridized carbons (Fsp3) is 0.333. The number of hydrogen-bond donors (Lipinski definition) is 1. The summed E-state index contributed by atoms with van der Waals surface area (Å²) in [4.78, 5) is 28.6. The third-order valence-electron chi connectivity index (χ3n) is 7.01. The van der Waals surface area contributed by atoms with Gasteiger partial charge >= 0.3 is 0 Å². The van der Waals surface area contributed by atoms with Crippen LogP contribution in [0.4, 0.5) is 0 Å². The number of rotatable bonds is 11. The van der Waals surface area contributed by atoms with Crippen LogP contribution in [0.15, 0.2) is 83.8 Å². The first-order chi connectivity index (χ1) is 18.8. The highest BCUT2D eigenvalue weighted by molar-refractivity contribution is 7.89. The highest BCUT2D eigenvalue weighted by atomic mass is 32.2. The lowest BCUT2D eigenvalue weighted by atomic mass is 10.0. The molecule has 1 heterocycles. The summed E-state index contributed by atoms with van der Waals surface area (Å²) in [6, 6.07) is 22.6. The maximum Gasteiger partial charge on any atom is 0.247 e. The van der Waals surface area contributed by atoms with Gasteiger partial charge < -0.3 is 15.0 Å². The van der Waals surface area contributed by atoms with Gasteiger partial charge in [0.15, 0.2) is 0 Å². The molecule has 1 fully saturated rings. The van der Waals surface area contributed by atoms with E-state index >= 15 is 0 Å². The zero-order valence-corrected chi connectivity index (χ0v) is 23.2. The van der Waals surface area contributed by atoms with Gasteiger partial charge in [0.2, 0.25) is 21.8 Å². The van der Waals surface area contributed by atoms with Gasteiger partial charge in [-0.25, -0.2) is 8.42 Å². The Balaban J connectivity index is 1.54. The molecular weight excluding hydrogens is 514 g/mol. The van der Waals surface area contributed by atoms with E-state index in [1.807, 2.05) is 54.6 Å². The first-order valence-corrected chi connectivity index (χ1v) is 14.6. The van der Waals surface area contributed by atoms with E-state index in [1.54, 1.807) is 43.3 Å². The summed E-state index contributed by atoms with van der Waals surface area (Å²) in [7, 11) is -0.334. The molecule has 0 unspecified atom stereocenters. The van der Waals surface area contributed by atoms with E-state index in [9.17, 15) is 18.0 Å². The SMILES string of the molecule is CNC(=O)[C@H](c1ccccc1)N(Cc1ccc(OC)cc1)C(=O)CCc1ccc(S(=O)(=O)N2CCCC2)cc1. The van der Waals surface area contributed by atoms with Crippen molar-refractivity contribution in [2.75, 3.05) is 27.2 Å². The van der Waals surface area contributed by atoms with Crippen LogP contribution in [-0.2, 0) is 32.6 Å². The fourth-order valence-corrected chi connectivity index (χ4v) is 6.31. The first kappa shape index (κ1) is 28.3. The quantitative estimate of drug-likeness (QED) is 0.391. The monoisotopic (exact) mass is 549 g/mol. The molecule has 1 aliphatic heterocycles. The van der Waals surface area contributed by atoms with Crippen LogP contribution in [0.3, 0.4) is 0 Å². The highest BCUT2D eigenvalue weighted by Gasteiger charge is 2.31. The van der Waals surface area contributed by atoms with Gasteiger partial charge in [-0.1, -0.05) is 54.6 Å². The molecule has 3 aromatic carbocycles. The molecule has 8 nitrogen and oxygen atoms in total. The number of likely N-dealkylation sites (N-methyl/N-ethyl adjacent to an activating group) is 1. The van der Waals surface area contributed by atoms with Gasteiger partial charge in [-0.2, -0.15) is 4.31 Å². The minimum atomic E-state index is -3.49. The first-order valence-electron chi connectivity index (χ1n) is 13.1. The van der Waals surface area contributed by atoms with E-state index in [0.717, 1.165) is 29.5 Å². The molecule has 0 radical (unpaired) electrons. The number of carbonyl (C=O) groups is 2. The van der Waals surface area contributed by atoms with Crippen LogP contribution in [-0.4, -0.2) is 56.7 Å². The summed E-state index contributed by atoms with van der Waals surface area (Å²) in [5.74, 6) is 0.245. The zero-order valence-electron chi connectivity index (χ0n) is 22.4. The molecule has 39 heavy (non-hydrogen) atoms. The summed E-state index contributed by atoms with van der Waals surface area (Å²) >= 11 is 0. The fourth-order valence-electron chi connectivity index (χ4n) is 4.80. The number of sulfonamides is 1. The molecular formula is C30H35N3O5S.